The highest BCUT2D eigenvalue weighted by Gasteiger charge is 2.40. The standard InChI is InChI=1S/C18H14F5N9.H2S/c19-17(20)4-1-11(8-17)27-15-28-14(26-10-2-5-25-12(7-10)9-24)29-16(30-15)32-6-3-13(31-32)18(21,22)23;/h2-3,5-7,11H,1,4,8H2,(H2,25,26,27,28,29,30);1H2/t11-;/m0./s1. The maximum Gasteiger partial charge on any atom is 0.435 e. The molecule has 0 aliphatic heterocycles. The lowest BCUT2D eigenvalue weighted by atomic mass is 10.2. The summed E-state index contributed by atoms with van der Waals surface area (Å²) >= 11 is 0. The predicted octanol–water partition coefficient (Wildman–Crippen LogP) is 3.80. The summed E-state index contributed by atoms with van der Waals surface area (Å²) in [5.41, 5.74) is -0.661. The van der Waals surface area contributed by atoms with Gasteiger partial charge in [0, 0.05) is 37.0 Å². The number of rotatable bonds is 5. The molecule has 174 valence electrons. The van der Waals surface area contributed by atoms with Gasteiger partial charge in [0.1, 0.15) is 11.8 Å². The Bertz CT molecular complexity index is 1170. The third-order valence-corrected chi connectivity index (χ3v) is 4.58. The molecule has 1 aliphatic rings. The van der Waals surface area contributed by atoms with Gasteiger partial charge in [0.25, 0.3) is 5.95 Å². The molecule has 1 saturated carbocycles. The van der Waals surface area contributed by atoms with Crippen LogP contribution in [-0.2, 0) is 6.18 Å². The molecular weight excluding hydrogens is 469 g/mol. The molecular formula is C18H16F5N9S. The highest BCUT2D eigenvalue weighted by Crippen LogP contribution is 2.36. The second-order valence-electron chi connectivity index (χ2n) is 7.03. The van der Waals surface area contributed by atoms with Crippen molar-refractivity contribution in [1.82, 2.24) is 29.7 Å². The Morgan fingerprint density at radius 1 is 1.15 bits per heavy atom. The number of anilines is 3. The van der Waals surface area contributed by atoms with Crippen molar-refractivity contribution in [3.05, 3.63) is 42.0 Å². The van der Waals surface area contributed by atoms with Crippen molar-refractivity contribution in [2.24, 2.45) is 0 Å². The number of pyridine rings is 1. The van der Waals surface area contributed by atoms with Crippen molar-refractivity contribution >= 4 is 31.1 Å². The maximum atomic E-state index is 13.5. The molecule has 3 aromatic rings. The highest BCUT2D eigenvalue weighted by atomic mass is 32.1. The first-order chi connectivity index (χ1) is 15.1. The zero-order valence-corrected chi connectivity index (χ0v) is 17.6. The SMILES string of the molecule is N#Cc1cc(Nc2nc(N[C@H]3CCC(F)(F)C3)nc(-n3ccc(C(F)(F)F)n3)n2)ccn1.S. The fourth-order valence-corrected chi connectivity index (χ4v) is 3.13. The molecule has 0 radical (unpaired) electrons. The first kappa shape index (κ1) is 24.1. The number of aromatic nitrogens is 6. The molecule has 0 unspecified atom stereocenters. The second-order valence-corrected chi connectivity index (χ2v) is 7.03. The van der Waals surface area contributed by atoms with Gasteiger partial charge in [-0.05, 0) is 24.6 Å². The van der Waals surface area contributed by atoms with Crippen LogP contribution < -0.4 is 10.6 Å². The van der Waals surface area contributed by atoms with Crippen molar-refractivity contribution in [2.45, 2.75) is 37.4 Å². The maximum absolute atomic E-state index is 13.5. The van der Waals surface area contributed by atoms with E-state index in [0.29, 0.717) is 5.69 Å². The Labute approximate surface area is 190 Å². The van der Waals surface area contributed by atoms with E-state index in [2.05, 4.69) is 35.7 Å². The minimum atomic E-state index is -4.67. The average molecular weight is 485 g/mol. The monoisotopic (exact) mass is 485 g/mol. The minimum absolute atomic E-state index is 0. The fraction of sp³-hybridized carbons (Fsp3) is 0.333. The Hall–Kier alpha value is -3.54. The summed E-state index contributed by atoms with van der Waals surface area (Å²) in [6.07, 6.45) is -2.82. The van der Waals surface area contributed by atoms with Crippen LogP contribution >= 0.6 is 13.5 Å². The molecule has 15 heteroatoms. The lowest BCUT2D eigenvalue weighted by molar-refractivity contribution is -0.141. The zero-order valence-electron chi connectivity index (χ0n) is 16.6. The van der Waals surface area contributed by atoms with Crippen molar-refractivity contribution in [2.75, 3.05) is 10.6 Å². The minimum Gasteiger partial charge on any atom is -0.351 e. The van der Waals surface area contributed by atoms with Crippen LogP contribution in [0.25, 0.3) is 5.95 Å². The number of nitriles is 1. The number of halogens is 5. The third kappa shape index (κ3) is 5.83. The lowest BCUT2D eigenvalue weighted by Crippen LogP contribution is -2.21. The molecule has 3 heterocycles. The summed E-state index contributed by atoms with van der Waals surface area (Å²) in [5.74, 6) is -3.29. The van der Waals surface area contributed by atoms with Gasteiger partial charge in [0.2, 0.25) is 17.8 Å². The number of alkyl halides is 5. The molecule has 0 aromatic carbocycles. The third-order valence-electron chi connectivity index (χ3n) is 4.58. The quantitative estimate of drug-likeness (QED) is 0.524. The summed E-state index contributed by atoms with van der Waals surface area (Å²) in [7, 11) is 0. The molecule has 1 fully saturated rings. The molecule has 0 amide bonds. The van der Waals surface area contributed by atoms with Crippen LogP contribution in [0.15, 0.2) is 30.6 Å². The molecule has 1 atom stereocenters. The fourth-order valence-electron chi connectivity index (χ4n) is 3.13. The van der Waals surface area contributed by atoms with Gasteiger partial charge in [-0.25, -0.2) is 18.4 Å². The molecule has 1 aliphatic carbocycles. The van der Waals surface area contributed by atoms with Crippen LogP contribution in [-0.4, -0.2) is 41.7 Å². The van der Waals surface area contributed by atoms with E-state index in [9.17, 15) is 22.0 Å². The van der Waals surface area contributed by atoms with Crippen molar-refractivity contribution in [1.29, 1.82) is 5.26 Å². The van der Waals surface area contributed by atoms with Gasteiger partial charge >= 0.3 is 6.18 Å². The van der Waals surface area contributed by atoms with E-state index in [-0.39, 0.29) is 49.9 Å². The molecule has 3 aromatic heterocycles. The number of hydrogen-bond acceptors (Lipinski definition) is 8. The molecule has 2 N–H and O–H groups in total. The Balaban J connectivity index is 0.00000306. The molecule has 4 rings (SSSR count). The summed E-state index contributed by atoms with van der Waals surface area (Å²) in [5, 5.41) is 18.0. The van der Waals surface area contributed by atoms with Crippen LogP contribution in [0.5, 0.6) is 0 Å². The summed E-state index contributed by atoms with van der Waals surface area (Å²) in [6.45, 7) is 0. The van der Waals surface area contributed by atoms with Gasteiger partial charge in [-0.2, -0.15) is 52.0 Å². The number of nitrogens with one attached hydrogen (secondary N) is 2. The Kier molecular flexibility index (Phi) is 6.68. The molecule has 0 bridgehead atoms. The Morgan fingerprint density at radius 3 is 2.55 bits per heavy atom. The first-order valence-corrected chi connectivity index (χ1v) is 9.28. The Morgan fingerprint density at radius 2 is 1.91 bits per heavy atom. The normalized spacial score (nSPS) is 17.2. The largest absolute Gasteiger partial charge is 0.435 e. The smallest absolute Gasteiger partial charge is 0.351 e. The highest BCUT2D eigenvalue weighted by molar-refractivity contribution is 7.59. The number of hydrogen-bond donors (Lipinski definition) is 2. The first-order valence-electron chi connectivity index (χ1n) is 9.28. The van der Waals surface area contributed by atoms with E-state index in [1.165, 1.54) is 18.3 Å². The van der Waals surface area contributed by atoms with Gasteiger partial charge in [-0.1, -0.05) is 0 Å². The van der Waals surface area contributed by atoms with Gasteiger partial charge in [0.05, 0.1) is 0 Å². The average Bonchev–Trinajstić information content (AvgIpc) is 3.35. The van der Waals surface area contributed by atoms with E-state index >= 15 is 0 Å². The summed E-state index contributed by atoms with van der Waals surface area (Å²) in [4.78, 5) is 16.0. The van der Waals surface area contributed by atoms with Gasteiger partial charge in [0.15, 0.2) is 5.69 Å². The molecule has 0 spiro atoms. The van der Waals surface area contributed by atoms with Gasteiger partial charge in [-0.15, -0.1) is 0 Å². The van der Waals surface area contributed by atoms with Crippen molar-refractivity contribution in [3.63, 3.8) is 0 Å². The number of nitrogens with zero attached hydrogens (tertiary/aromatic N) is 7. The van der Waals surface area contributed by atoms with E-state index < -0.39 is 30.3 Å². The molecule has 0 saturated heterocycles. The zero-order chi connectivity index (χ0) is 22.9. The lowest BCUT2D eigenvalue weighted by Gasteiger charge is -2.14. The van der Waals surface area contributed by atoms with Crippen LogP contribution in [0, 0.1) is 11.3 Å². The van der Waals surface area contributed by atoms with Crippen molar-refractivity contribution in [3.8, 4) is 12.0 Å². The van der Waals surface area contributed by atoms with Crippen LogP contribution in [0.4, 0.5) is 39.5 Å². The van der Waals surface area contributed by atoms with Gasteiger partial charge in [-0.3, -0.25) is 0 Å². The molecule has 9 nitrogen and oxygen atoms in total. The topological polar surface area (TPSA) is 117 Å². The summed E-state index contributed by atoms with van der Waals surface area (Å²) < 4.78 is 66.6. The van der Waals surface area contributed by atoms with E-state index in [4.69, 9.17) is 5.26 Å². The van der Waals surface area contributed by atoms with Gasteiger partial charge < -0.3 is 10.6 Å². The van der Waals surface area contributed by atoms with E-state index in [1.54, 1.807) is 0 Å². The van der Waals surface area contributed by atoms with E-state index in [1.807, 2.05) is 6.07 Å². The van der Waals surface area contributed by atoms with Crippen LogP contribution in [0.3, 0.4) is 0 Å². The molecule has 33 heavy (non-hydrogen) atoms. The van der Waals surface area contributed by atoms with Crippen LogP contribution in [0.1, 0.15) is 30.7 Å². The van der Waals surface area contributed by atoms with Crippen molar-refractivity contribution < 1.29 is 22.0 Å². The summed E-state index contributed by atoms with van der Waals surface area (Å²) in [6, 6.07) is 4.92. The second kappa shape index (κ2) is 9.14. The predicted molar refractivity (Wildman–Crippen MR) is 111 cm³/mol. The van der Waals surface area contributed by atoms with E-state index in [0.717, 1.165) is 16.9 Å². The van der Waals surface area contributed by atoms with Crippen LogP contribution in [0.2, 0.25) is 0 Å².